The lowest BCUT2D eigenvalue weighted by Crippen LogP contribution is -2.23. The van der Waals surface area contributed by atoms with E-state index in [1.54, 1.807) is 0 Å². The molecular formula is C16H16N4O. The number of allylic oxidation sites excluding steroid dienone is 1. The van der Waals surface area contributed by atoms with E-state index in [0.717, 1.165) is 16.8 Å². The van der Waals surface area contributed by atoms with Gasteiger partial charge in [-0.25, -0.2) is 0 Å². The molecule has 0 saturated carbocycles. The molecule has 0 spiro atoms. The maximum Gasteiger partial charge on any atom is 0.244 e. The zero-order valence-corrected chi connectivity index (χ0v) is 11.9. The third-order valence-corrected chi connectivity index (χ3v) is 3.71. The summed E-state index contributed by atoms with van der Waals surface area (Å²) in [5, 5.41) is 16.6. The Bertz CT molecular complexity index is 737. The molecule has 0 aliphatic carbocycles. The molecule has 1 aliphatic rings. The number of hydrogen-bond donors (Lipinski definition) is 2. The molecule has 1 aromatic heterocycles. The first-order valence-electron chi connectivity index (χ1n) is 6.84. The van der Waals surface area contributed by atoms with Crippen molar-refractivity contribution in [1.82, 2.24) is 10.2 Å². The Balaban J connectivity index is 2.20. The highest BCUT2D eigenvalue weighted by atomic mass is 16.5. The molecular weight excluding hydrogens is 264 g/mol. The summed E-state index contributed by atoms with van der Waals surface area (Å²) in [5.41, 5.74) is 9.13. The minimum Gasteiger partial charge on any atom is -0.420 e. The molecule has 1 atom stereocenters. The van der Waals surface area contributed by atoms with E-state index >= 15 is 0 Å². The fourth-order valence-corrected chi connectivity index (χ4v) is 2.77. The van der Waals surface area contributed by atoms with Crippen LogP contribution in [-0.4, -0.2) is 10.2 Å². The lowest BCUT2D eigenvalue weighted by atomic mass is 9.80. The van der Waals surface area contributed by atoms with E-state index in [-0.39, 0.29) is 17.7 Å². The Morgan fingerprint density at radius 1 is 1.33 bits per heavy atom. The highest BCUT2D eigenvalue weighted by Gasteiger charge is 2.36. The molecule has 5 nitrogen and oxygen atoms in total. The first kappa shape index (κ1) is 13.3. The molecule has 2 aromatic rings. The molecule has 106 valence electrons. The van der Waals surface area contributed by atoms with Crippen LogP contribution in [0.25, 0.3) is 11.3 Å². The third kappa shape index (κ3) is 2.05. The van der Waals surface area contributed by atoms with Crippen LogP contribution >= 0.6 is 0 Å². The monoisotopic (exact) mass is 280 g/mol. The van der Waals surface area contributed by atoms with Crippen molar-refractivity contribution in [2.45, 2.75) is 19.8 Å². The number of ether oxygens (including phenoxy) is 1. The number of hydrogen-bond acceptors (Lipinski definition) is 4. The van der Waals surface area contributed by atoms with E-state index in [4.69, 9.17) is 10.5 Å². The van der Waals surface area contributed by atoms with Gasteiger partial charge in [-0.15, -0.1) is 5.10 Å². The molecule has 21 heavy (non-hydrogen) atoms. The van der Waals surface area contributed by atoms with E-state index < -0.39 is 0 Å². The number of aromatic nitrogens is 2. The Morgan fingerprint density at radius 3 is 2.67 bits per heavy atom. The Labute approximate surface area is 123 Å². The van der Waals surface area contributed by atoms with Crippen molar-refractivity contribution < 1.29 is 4.74 Å². The smallest absolute Gasteiger partial charge is 0.244 e. The molecule has 5 heteroatoms. The van der Waals surface area contributed by atoms with Crippen molar-refractivity contribution in [1.29, 1.82) is 5.26 Å². The minimum atomic E-state index is -0.118. The van der Waals surface area contributed by atoms with Gasteiger partial charge in [0.05, 0.1) is 16.8 Å². The van der Waals surface area contributed by atoms with E-state index in [1.165, 1.54) is 0 Å². The number of nitrogens with one attached hydrogen (secondary N) is 1. The van der Waals surface area contributed by atoms with Gasteiger partial charge >= 0.3 is 0 Å². The van der Waals surface area contributed by atoms with Crippen LogP contribution in [0.1, 0.15) is 25.3 Å². The van der Waals surface area contributed by atoms with E-state index in [0.29, 0.717) is 11.5 Å². The van der Waals surface area contributed by atoms with Gasteiger partial charge in [0, 0.05) is 5.92 Å². The van der Waals surface area contributed by atoms with Crippen molar-refractivity contribution in [3.05, 3.63) is 47.4 Å². The summed E-state index contributed by atoms with van der Waals surface area (Å²) in [7, 11) is 0. The van der Waals surface area contributed by atoms with Crippen LogP contribution in [0.5, 0.6) is 5.88 Å². The summed E-state index contributed by atoms with van der Waals surface area (Å²) in [6.07, 6.45) is 0. The SMILES string of the molecule is CC(C)[C@H]1C(C#N)=C(N)Oc2n[nH]c(-c3ccccc3)c21. The standard InChI is InChI=1S/C16H16N4O/c1-9(2)12-11(8-17)15(18)21-16-13(12)14(19-20-16)10-6-4-3-5-7-10/h3-7,9,12H,18H2,1-2H3,(H,19,20)/t12-/m0/s1. The molecule has 0 unspecified atom stereocenters. The summed E-state index contributed by atoms with van der Waals surface area (Å²) < 4.78 is 5.51. The lowest BCUT2D eigenvalue weighted by Gasteiger charge is -2.26. The molecule has 0 amide bonds. The van der Waals surface area contributed by atoms with Crippen LogP contribution in [0, 0.1) is 17.2 Å². The molecule has 0 fully saturated rings. The van der Waals surface area contributed by atoms with Crippen molar-refractivity contribution in [2.75, 3.05) is 0 Å². The molecule has 1 aromatic carbocycles. The number of nitrogens with two attached hydrogens (primary N) is 1. The fraction of sp³-hybridized carbons (Fsp3) is 0.250. The summed E-state index contributed by atoms with van der Waals surface area (Å²) in [6.45, 7) is 4.12. The predicted octanol–water partition coefficient (Wildman–Crippen LogP) is 2.90. The van der Waals surface area contributed by atoms with Gasteiger partial charge in [0.15, 0.2) is 0 Å². The quantitative estimate of drug-likeness (QED) is 0.885. The molecule has 0 saturated heterocycles. The number of nitrogens with zero attached hydrogens (tertiary/aromatic N) is 2. The minimum absolute atomic E-state index is 0.118. The van der Waals surface area contributed by atoms with Crippen molar-refractivity contribution >= 4 is 0 Å². The molecule has 0 radical (unpaired) electrons. The van der Waals surface area contributed by atoms with Crippen molar-refractivity contribution in [3.63, 3.8) is 0 Å². The highest BCUT2D eigenvalue weighted by Crippen LogP contribution is 2.45. The van der Waals surface area contributed by atoms with Crippen LogP contribution in [0.4, 0.5) is 0 Å². The predicted molar refractivity (Wildman–Crippen MR) is 79.1 cm³/mol. The number of nitriles is 1. The topological polar surface area (TPSA) is 87.7 Å². The van der Waals surface area contributed by atoms with Crippen molar-refractivity contribution in [2.24, 2.45) is 11.7 Å². The normalized spacial score (nSPS) is 17.3. The van der Waals surface area contributed by atoms with Gasteiger partial charge in [-0.05, 0) is 11.5 Å². The molecule has 2 heterocycles. The Morgan fingerprint density at radius 2 is 2.05 bits per heavy atom. The molecule has 3 N–H and O–H groups in total. The van der Waals surface area contributed by atoms with Crippen LogP contribution in [-0.2, 0) is 0 Å². The van der Waals surface area contributed by atoms with Gasteiger partial charge < -0.3 is 10.5 Å². The summed E-state index contributed by atoms with van der Waals surface area (Å²) in [5.74, 6) is 0.701. The van der Waals surface area contributed by atoms with E-state index in [9.17, 15) is 5.26 Å². The Hall–Kier alpha value is -2.74. The fourth-order valence-electron chi connectivity index (χ4n) is 2.77. The molecule has 3 rings (SSSR count). The van der Waals surface area contributed by atoms with Gasteiger partial charge in [-0.2, -0.15) is 5.26 Å². The lowest BCUT2D eigenvalue weighted by molar-refractivity contribution is 0.360. The maximum absolute atomic E-state index is 9.41. The number of benzene rings is 1. The van der Waals surface area contributed by atoms with Crippen molar-refractivity contribution in [3.8, 4) is 23.2 Å². The first-order valence-corrected chi connectivity index (χ1v) is 6.84. The van der Waals surface area contributed by atoms with Gasteiger partial charge in [-0.1, -0.05) is 44.2 Å². The van der Waals surface area contributed by atoms with Gasteiger partial charge in [0.2, 0.25) is 11.8 Å². The summed E-state index contributed by atoms with van der Waals surface area (Å²) >= 11 is 0. The van der Waals surface area contributed by atoms with Crippen LogP contribution < -0.4 is 10.5 Å². The summed E-state index contributed by atoms with van der Waals surface area (Å²) in [6, 6.07) is 12.1. The van der Waals surface area contributed by atoms with E-state index in [1.807, 2.05) is 30.3 Å². The van der Waals surface area contributed by atoms with Gasteiger partial charge in [0.1, 0.15) is 6.07 Å². The Kier molecular flexibility index (Phi) is 3.15. The second kappa shape index (κ2) is 4.98. The molecule has 1 aliphatic heterocycles. The van der Waals surface area contributed by atoms with E-state index in [2.05, 4.69) is 30.1 Å². The van der Waals surface area contributed by atoms with Crippen LogP contribution in [0.15, 0.2) is 41.8 Å². The first-order chi connectivity index (χ1) is 10.1. The van der Waals surface area contributed by atoms with Crippen LogP contribution in [0.3, 0.4) is 0 Å². The summed E-state index contributed by atoms with van der Waals surface area (Å²) in [4.78, 5) is 0. The zero-order valence-electron chi connectivity index (χ0n) is 11.9. The third-order valence-electron chi connectivity index (χ3n) is 3.71. The second-order valence-electron chi connectivity index (χ2n) is 5.40. The second-order valence-corrected chi connectivity index (χ2v) is 5.40. The zero-order chi connectivity index (χ0) is 15.0. The number of aromatic amines is 1. The number of fused-ring (bicyclic) bond motifs is 1. The largest absolute Gasteiger partial charge is 0.420 e. The highest BCUT2D eigenvalue weighted by molar-refractivity contribution is 5.68. The van der Waals surface area contributed by atoms with Gasteiger partial charge in [0.25, 0.3) is 0 Å². The van der Waals surface area contributed by atoms with Crippen LogP contribution in [0.2, 0.25) is 0 Å². The number of rotatable bonds is 2. The van der Waals surface area contributed by atoms with Gasteiger partial charge in [-0.3, -0.25) is 5.10 Å². The molecule has 0 bridgehead atoms. The average Bonchev–Trinajstić information content (AvgIpc) is 2.89. The number of H-pyrrole nitrogens is 1. The maximum atomic E-state index is 9.41. The average molecular weight is 280 g/mol.